The summed E-state index contributed by atoms with van der Waals surface area (Å²) < 4.78 is 13.5. The molecule has 1 aliphatic rings. The minimum atomic E-state index is 0.0210. The van der Waals surface area contributed by atoms with Gasteiger partial charge in [-0.2, -0.15) is 5.10 Å². The number of hydrogen-bond acceptors (Lipinski definition) is 4. The van der Waals surface area contributed by atoms with E-state index in [4.69, 9.17) is 14.6 Å². The van der Waals surface area contributed by atoms with Gasteiger partial charge < -0.3 is 14.4 Å². The molecule has 0 unspecified atom stereocenters. The van der Waals surface area contributed by atoms with Gasteiger partial charge in [-0.3, -0.25) is 4.79 Å². The van der Waals surface area contributed by atoms with Crippen LogP contribution in [0.3, 0.4) is 0 Å². The standard InChI is InChI=1S/C29H29N3O3/c1-31-29(35-25-15-9-14-24(18-25)34-2)26(27(30-31)22-10-5-3-6-11-22)20-32(19-21-16-17-21)28(33)23-12-7-4-8-13-23/h3-15,18,21H,16-17,19-20H2,1-2H3. The van der Waals surface area contributed by atoms with Gasteiger partial charge in [0.15, 0.2) is 0 Å². The zero-order valence-corrected chi connectivity index (χ0v) is 20.1. The lowest BCUT2D eigenvalue weighted by Crippen LogP contribution is -2.32. The van der Waals surface area contributed by atoms with E-state index in [2.05, 4.69) is 0 Å². The lowest BCUT2D eigenvalue weighted by atomic mass is 10.1. The molecule has 178 valence electrons. The first kappa shape index (κ1) is 22.7. The van der Waals surface area contributed by atoms with Crippen molar-refractivity contribution in [1.29, 1.82) is 0 Å². The number of rotatable bonds is 9. The third-order valence-corrected chi connectivity index (χ3v) is 6.22. The summed E-state index contributed by atoms with van der Waals surface area (Å²) in [6.45, 7) is 1.12. The van der Waals surface area contributed by atoms with Gasteiger partial charge in [-0.05, 0) is 43.0 Å². The normalized spacial score (nSPS) is 12.9. The Kier molecular flexibility index (Phi) is 6.53. The molecular weight excluding hydrogens is 438 g/mol. The quantitative estimate of drug-likeness (QED) is 0.306. The highest BCUT2D eigenvalue weighted by molar-refractivity contribution is 5.94. The van der Waals surface area contributed by atoms with Crippen LogP contribution in [0.2, 0.25) is 0 Å². The van der Waals surface area contributed by atoms with Gasteiger partial charge in [-0.15, -0.1) is 0 Å². The van der Waals surface area contributed by atoms with E-state index in [1.165, 1.54) is 0 Å². The van der Waals surface area contributed by atoms with E-state index in [1.807, 2.05) is 96.9 Å². The zero-order chi connectivity index (χ0) is 24.2. The van der Waals surface area contributed by atoms with Crippen molar-refractivity contribution in [2.75, 3.05) is 13.7 Å². The summed E-state index contributed by atoms with van der Waals surface area (Å²) in [5.41, 5.74) is 3.37. The predicted octanol–water partition coefficient (Wildman–Crippen LogP) is 5.94. The van der Waals surface area contributed by atoms with Crippen LogP contribution in [0.25, 0.3) is 11.3 Å². The summed E-state index contributed by atoms with van der Waals surface area (Å²) in [5, 5.41) is 4.82. The highest BCUT2D eigenvalue weighted by Crippen LogP contribution is 2.37. The van der Waals surface area contributed by atoms with Crippen LogP contribution >= 0.6 is 0 Å². The molecule has 6 nitrogen and oxygen atoms in total. The first-order chi connectivity index (χ1) is 17.1. The Labute approximate surface area is 205 Å². The molecule has 1 aromatic heterocycles. The van der Waals surface area contributed by atoms with Crippen molar-refractivity contribution in [3.63, 3.8) is 0 Å². The van der Waals surface area contributed by atoms with Gasteiger partial charge in [-0.1, -0.05) is 54.6 Å². The van der Waals surface area contributed by atoms with E-state index < -0.39 is 0 Å². The third-order valence-electron chi connectivity index (χ3n) is 6.22. The number of carbonyl (C=O) groups is 1. The summed E-state index contributed by atoms with van der Waals surface area (Å²) in [4.78, 5) is 15.5. The van der Waals surface area contributed by atoms with Crippen molar-refractivity contribution in [3.05, 3.63) is 96.1 Å². The fraction of sp³-hybridized carbons (Fsp3) is 0.241. The van der Waals surface area contributed by atoms with Crippen molar-refractivity contribution < 1.29 is 14.3 Å². The number of ether oxygens (including phenoxy) is 2. The molecule has 0 saturated heterocycles. The summed E-state index contributed by atoms with van der Waals surface area (Å²) in [7, 11) is 3.50. The monoisotopic (exact) mass is 467 g/mol. The second-order valence-corrected chi connectivity index (χ2v) is 8.90. The fourth-order valence-electron chi connectivity index (χ4n) is 4.21. The number of hydrogen-bond donors (Lipinski definition) is 0. The molecule has 0 N–H and O–H groups in total. The fourth-order valence-corrected chi connectivity index (χ4v) is 4.21. The van der Waals surface area contributed by atoms with E-state index in [1.54, 1.807) is 11.8 Å². The second-order valence-electron chi connectivity index (χ2n) is 8.90. The lowest BCUT2D eigenvalue weighted by molar-refractivity contribution is 0.0734. The number of aryl methyl sites for hydroxylation is 1. The average Bonchev–Trinajstić information content (AvgIpc) is 3.68. The van der Waals surface area contributed by atoms with Gasteiger partial charge in [0.2, 0.25) is 5.88 Å². The van der Waals surface area contributed by atoms with Gasteiger partial charge in [0, 0.05) is 30.8 Å². The minimum Gasteiger partial charge on any atom is -0.497 e. The Balaban J connectivity index is 1.55. The van der Waals surface area contributed by atoms with Crippen LogP contribution in [-0.2, 0) is 13.6 Å². The van der Waals surface area contributed by atoms with Crippen LogP contribution in [0.5, 0.6) is 17.4 Å². The number of aromatic nitrogens is 2. The maximum absolute atomic E-state index is 13.6. The van der Waals surface area contributed by atoms with Crippen LogP contribution < -0.4 is 9.47 Å². The van der Waals surface area contributed by atoms with Crippen LogP contribution in [0, 0.1) is 5.92 Å². The van der Waals surface area contributed by atoms with E-state index in [0.29, 0.717) is 35.4 Å². The van der Waals surface area contributed by atoms with Crippen molar-refractivity contribution in [2.24, 2.45) is 13.0 Å². The van der Waals surface area contributed by atoms with Crippen LogP contribution in [0.15, 0.2) is 84.9 Å². The molecule has 0 radical (unpaired) electrons. The van der Waals surface area contributed by atoms with E-state index in [-0.39, 0.29) is 5.91 Å². The van der Waals surface area contributed by atoms with Crippen molar-refractivity contribution in [2.45, 2.75) is 19.4 Å². The van der Waals surface area contributed by atoms with Crippen molar-refractivity contribution >= 4 is 5.91 Å². The van der Waals surface area contributed by atoms with Crippen molar-refractivity contribution in [3.8, 4) is 28.6 Å². The first-order valence-corrected chi connectivity index (χ1v) is 11.9. The molecule has 0 bridgehead atoms. The molecule has 1 fully saturated rings. The number of amides is 1. The van der Waals surface area contributed by atoms with E-state index >= 15 is 0 Å². The van der Waals surface area contributed by atoms with Gasteiger partial charge in [-0.25, -0.2) is 4.68 Å². The highest BCUT2D eigenvalue weighted by atomic mass is 16.5. The zero-order valence-electron chi connectivity index (χ0n) is 20.1. The van der Waals surface area contributed by atoms with Gasteiger partial charge >= 0.3 is 0 Å². The topological polar surface area (TPSA) is 56.6 Å². The third kappa shape index (κ3) is 5.22. The van der Waals surface area contributed by atoms with Crippen LogP contribution in [-0.4, -0.2) is 34.2 Å². The molecule has 3 aromatic carbocycles. The first-order valence-electron chi connectivity index (χ1n) is 11.9. The summed E-state index contributed by atoms with van der Waals surface area (Å²) in [5.74, 6) is 2.54. The second kappa shape index (κ2) is 10.1. The molecule has 0 aliphatic heterocycles. The molecular formula is C29H29N3O3. The smallest absolute Gasteiger partial charge is 0.254 e. The largest absolute Gasteiger partial charge is 0.497 e. The minimum absolute atomic E-state index is 0.0210. The summed E-state index contributed by atoms with van der Waals surface area (Å²) in [6, 6.07) is 27.0. The molecule has 0 atom stereocenters. The Morgan fingerprint density at radius 1 is 0.971 bits per heavy atom. The van der Waals surface area contributed by atoms with Gasteiger partial charge in [0.05, 0.1) is 19.2 Å². The molecule has 0 spiro atoms. The number of nitrogens with zero attached hydrogens (tertiary/aromatic N) is 3. The average molecular weight is 468 g/mol. The summed E-state index contributed by atoms with van der Waals surface area (Å²) in [6.07, 6.45) is 2.31. The highest BCUT2D eigenvalue weighted by Gasteiger charge is 2.30. The maximum atomic E-state index is 13.6. The molecule has 1 saturated carbocycles. The SMILES string of the molecule is COc1cccc(Oc2c(CN(CC3CC3)C(=O)c3ccccc3)c(-c3ccccc3)nn2C)c1. The summed E-state index contributed by atoms with van der Waals surface area (Å²) >= 11 is 0. The number of methoxy groups -OCH3 is 1. The molecule has 1 amide bonds. The van der Waals surface area contributed by atoms with Gasteiger partial charge in [0.25, 0.3) is 5.91 Å². The lowest BCUT2D eigenvalue weighted by Gasteiger charge is -2.23. The Morgan fingerprint density at radius 3 is 2.34 bits per heavy atom. The molecule has 1 aliphatic carbocycles. The van der Waals surface area contributed by atoms with Gasteiger partial charge in [0.1, 0.15) is 17.2 Å². The molecule has 1 heterocycles. The molecule has 5 rings (SSSR count). The number of carbonyl (C=O) groups excluding carboxylic acids is 1. The Bertz CT molecular complexity index is 1300. The van der Waals surface area contributed by atoms with Crippen LogP contribution in [0.1, 0.15) is 28.8 Å². The molecule has 35 heavy (non-hydrogen) atoms. The van der Waals surface area contributed by atoms with Crippen molar-refractivity contribution in [1.82, 2.24) is 14.7 Å². The maximum Gasteiger partial charge on any atom is 0.254 e. The Morgan fingerprint density at radius 2 is 1.66 bits per heavy atom. The molecule has 6 heteroatoms. The predicted molar refractivity (Wildman–Crippen MR) is 136 cm³/mol. The van der Waals surface area contributed by atoms with E-state index in [9.17, 15) is 4.79 Å². The molecule has 4 aromatic rings. The number of benzene rings is 3. The van der Waals surface area contributed by atoms with E-state index in [0.717, 1.165) is 36.2 Å². The van der Waals surface area contributed by atoms with Crippen LogP contribution in [0.4, 0.5) is 0 Å². The Hall–Kier alpha value is -4.06.